The van der Waals surface area contributed by atoms with Gasteiger partial charge >= 0.3 is 0 Å². The van der Waals surface area contributed by atoms with Gasteiger partial charge in [-0.2, -0.15) is 0 Å². The van der Waals surface area contributed by atoms with E-state index in [1.165, 1.54) is 18.4 Å². The van der Waals surface area contributed by atoms with E-state index < -0.39 is 0 Å². The Hall–Kier alpha value is -1.16. The lowest BCUT2D eigenvalue weighted by atomic mass is 10.1. The van der Waals surface area contributed by atoms with Gasteiger partial charge in [0, 0.05) is 17.6 Å². The smallest absolute Gasteiger partial charge is 0.138 e. The van der Waals surface area contributed by atoms with Crippen molar-refractivity contribution in [1.29, 1.82) is 0 Å². The Morgan fingerprint density at radius 2 is 2.35 bits per heavy atom. The molecule has 0 saturated carbocycles. The summed E-state index contributed by atoms with van der Waals surface area (Å²) in [7, 11) is 0. The van der Waals surface area contributed by atoms with Crippen LogP contribution in [0.2, 0.25) is 5.15 Å². The summed E-state index contributed by atoms with van der Waals surface area (Å²) in [5.41, 5.74) is 3.27. The van der Waals surface area contributed by atoms with Gasteiger partial charge in [0.1, 0.15) is 24.3 Å². The van der Waals surface area contributed by atoms with Crippen LogP contribution in [0.1, 0.15) is 24.0 Å². The number of fused-ring (bicyclic) bond motifs is 1. The second-order valence-corrected chi connectivity index (χ2v) is 5.81. The van der Waals surface area contributed by atoms with Crippen molar-refractivity contribution in [3.05, 3.63) is 40.5 Å². The quantitative estimate of drug-likeness (QED) is 0.879. The third kappa shape index (κ3) is 2.95. The van der Waals surface area contributed by atoms with E-state index in [-0.39, 0.29) is 0 Å². The molecule has 20 heavy (non-hydrogen) atoms. The molecule has 1 saturated heterocycles. The highest BCUT2D eigenvalue weighted by Gasteiger charge is 2.17. The van der Waals surface area contributed by atoms with Crippen molar-refractivity contribution in [2.24, 2.45) is 0 Å². The molecule has 0 aliphatic carbocycles. The lowest BCUT2D eigenvalue weighted by Crippen LogP contribution is -2.84. The Morgan fingerprint density at radius 3 is 3.15 bits per heavy atom. The van der Waals surface area contributed by atoms with E-state index in [0.717, 1.165) is 36.2 Å². The molecule has 0 bridgehead atoms. The zero-order valence-corrected chi connectivity index (χ0v) is 12.5. The minimum Gasteiger partial charge on any atom is -0.372 e. The molecule has 2 aromatic rings. The van der Waals surface area contributed by atoms with E-state index in [2.05, 4.69) is 41.5 Å². The number of nitrogens with two attached hydrogens (primary N) is 1. The molecule has 2 heterocycles. The topological polar surface area (TPSA) is 38.7 Å². The highest BCUT2D eigenvalue weighted by atomic mass is 35.5. The number of aryl methyl sites for hydroxylation is 1. The fourth-order valence-corrected chi connectivity index (χ4v) is 2.98. The molecule has 3 nitrogen and oxygen atoms in total. The summed E-state index contributed by atoms with van der Waals surface area (Å²) in [5.74, 6) is 0. The number of hydrogen-bond acceptors (Lipinski definition) is 2. The highest BCUT2D eigenvalue weighted by Crippen LogP contribution is 2.22. The molecule has 1 aromatic heterocycles. The van der Waals surface area contributed by atoms with Gasteiger partial charge in [-0.05, 0) is 31.4 Å². The maximum Gasteiger partial charge on any atom is 0.138 e. The molecule has 0 radical (unpaired) electrons. The lowest BCUT2D eigenvalue weighted by molar-refractivity contribution is -0.676. The van der Waals surface area contributed by atoms with Crippen LogP contribution in [0.25, 0.3) is 10.9 Å². The molecule has 1 aliphatic rings. The first-order valence-corrected chi connectivity index (χ1v) is 7.60. The summed E-state index contributed by atoms with van der Waals surface area (Å²) < 4.78 is 5.63. The first-order chi connectivity index (χ1) is 9.74. The van der Waals surface area contributed by atoms with Crippen molar-refractivity contribution in [2.45, 2.75) is 32.4 Å². The third-order valence-corrected chi connectivity index (χ3v) is 4.22. The van der Waals surface area contributed by atoms with Gasteiger partial charge in [0.15, 0.2) is 0 Å². The number of nitrogens with zero attached hydrogens (tertiary/aromatic N) is 1. The van der Waals surface area contributed by atoms with Crippen LogP contribution in [0.3, 0.4) is 0 Å². The van der Waals surface area contributed by atoms with Crippen LogP contribution in [0, 0.1) is 6.92 Å². The zero-order chi connectivity index (χ0) is 13.9. The van der Waals surface area contributed by atoms with E-state index in [1.54, 1.807) is 0 Å². The largest absolute Gasteiger partial charge is 0.372 e. The minimum atomic E-state index is 0.407. The number of quaternary nitrogens is 1. The van der Waals surface area contributed by atoms with Gasteiger partial charge in [-0.25, -0.2) is 4.98 Å². The molecule has 106 valence electrons. The van der Waals surface area contributed by atoms with Gasteiger partial charge in [-0.15, -0.1) is 0 Å². The van der Waals surface area contributed by atoms with Crippen LogP contribution in [0.5, 0.6) is 0 Å². The maximum absolute atomic E-state index is 6.31. The summed E-state index contributed by atoms with van der Waals surface area (Å²) in [4.78, 5) is 4.54. The normalized spacial score (nSPS) is 18.8. The molecule has 0 spiro atoms. The number of benzene rings is 1. The maximum atomic E-state index is 6.31. The number of ether oxygens (including phenoxy) is 1. The predicted octanol–water partition coefficient (Wildman–Crippen LogP) is 2.44. The molecular weight excluding hydrogens is 272 g/mol. The fraction of sp³-hybridized carbons (Fsp3) is 0.438. The van der Waals surface area contributed by atoms with Crippen LogP contribution in [-0.4, -0.2) is 24.2 Å². The van der Waals surface area contributed by atoms with Crippen LogP contribution < -0.4 is 5.32 Å². The van der Waals surface area contributed by atoms with Gasteiger partial charge in [0.25, 0.3) is 0 Å². The van der Waals surface area contributed by atoms with Crippen LogP contribution in [0.4, 0.5) is 0 Å². The molecule has 2 N–H and O–H groups in total. The number of aromatic nitrogens is 1. The summed E-state index contributed by atoms with van der Waals surface area (Å²) in [5, 5.41) is 4.05. The lowest BCUT2D eigenvalue weighted by Gasteiger charge is -2.10. The SMILES string of the molecule is Cc1cccc2cc(C[NH2+]C[C@H]3CCCO3)c(Cl)nc12. The number of hydrogen-bond donors (Lipinski definition) is 1. The summed E-state index contributed by atoms with van der Waals surface area (Å²) in [6.07, 6.45) is 2.78. The van der Waals surface area contributed by atoms with Crippen molar-refractivity contribution in [3.63, 3.8) is 0 Å². The second-order valence-electron chi connectivity index (χ2n) is 5.45. The van der Waals surface area contributed by atoms with Gasteiger partial charge in [-0.1, -0.05) is 29.8 Å². The van der Waals surface area contributed by atoms with Crippen molar-refractivity contribution in [3.8, 4) is 0 Å². The summed E-state index contributed by atoms with van der Waals surface area (Å²) in [6, 6.07) is 8.38. The fourth-order valence-electron chi connectivity index (χ4n) is 2.77. The predicted molar refractivity (Wildman–Crippen MR) is 81.0 cm³/mol. The van der Waals surface area contributed by atoms with Crippen molar-refractivity contribution in [1.82, 2.24) is 4.98 Å². The van der Waals surface area contributed by atoms with Crippen molar-refractivity contribution in [2.75, 3.05) is 13.2 Å². The van der Waals surface area contributed by atoms with E-state index in [4.69, 9.17) is 16.3 Å². The first-order valence-electron chi connectivity index (χ1n) is 7.22. The Morgan fingerprint density at radius 1 is 1.45 bits per heavy atom. The van der Waals surface area contributed by atoms with Crippen LogP contribution >= 0.6 is 11.6 Å². The minimum absolute atomic E-state index is 0.407. The Bertz CT molecular complexity index is 609. The molecule has 1 aliphatic heterocycles. The van der Waals surface area contributed by atoms with E-state index in [9.17, 15) is 0 Å². The molecule has 1 fully saturated rings. The molecule has 1 aromatic carbocycles. The van der Waals surface area contributed by atoms with Crippen molar-refractivity contribution >= 4 is 22.5 Å². The monoisotopic (exact) mass is 291 g/mol. The standard InChI is InChI=1S/C16H19ClN2O/c1-11-4-2-5-12-8-13(16(17)19-15(11)12)9-18-10-14-6-3-7-20-14/h2,4-5,8,14,18H,3,6-7,9-10H2,1H3/p+1/t14-/m1/s1. The average Bonchev–Trinajstić information content (AvgIpc) is 2.94. The van der Waals surface area contributed by atoms with Crippen molar-refractivity contribution < 1.29 is 10.1 Å². The van der Waals surface area contributed by atoms with E-state index in [0.29, 0.717) is 11.3 Å². The molecule has 4 heteroatoms. The third-order valence-electron chi connectivity index (χ3n) is 3.89. The van der Waals surface area contributed by atoms with Gasteiger partial charge in [0.05, 0.1) is 5.52 Å². The molecular formula is C16H20ClN2O+. The van der Waals surface area contributed by atoms with Crippen LogP contribution in [0.15, 0.2) is 24.3 Å². The Kier molecular flexibility index (Phi) is 4.20. The Labute approximate surface area is 124 Å². The first kappa shape index (κ1) is 13.8. The van der Waals surface area contributed by atoms with E-state index >= 15 is 0 Å². The molecule has 0 amide bonds. The number of para-hydroxylation sites is 1. The number of rotatable bonds is 4. The highest BCUT2D eigenvalue weighted by molar-refractivity contribution is 6.30. The summed E-state index contributed by atoms with van der Waals surface area (Å²) in [6.45, 7) is 4.84. The summed E-state index contributed by atoms with van der Waals surface area (Å²) >= 11 is 6.31. The van der Waals surface area contributed by atoms with Crippen LogP contribution in [-0.2, 0) is 11.3 Å². The zero-order valence-electron chi connectivity index (χ0n) is 11.7. The molecule has 3 rings (SSSR count). The van der Waals surface area contributed by atoms with Gasteiger partial charge in [-0.3, -0.25) is 0 Å². The second kappa shape index (κ2) is 6.08. The number of pyridine rings is 1. The average molecular weight is 292 g/mol. The molecule has 1 atom stereocenters. The Balaban J connectivity index is 1.72. The van der Waals surface area contributed by atoms with Gasteiger partial charge in [0.2, 0.25) is 0 Å². The number of halogens is 1. The van der Waals surface area contributed by atoms with E-state index in [1.807, 2.05) is 0 Å². The molecule has 0 unspecified atom stereocenters. The van der Waals surface area contributed by atoms with Gasteiger partial charge < -0.3 is 10.1 Å².